The Morgan fingerprint density at radius 2 is 1.78 bits per heavy atom. The molecule has 2 heterocycles. The van der Waals surface area contributed by atoms with E-state index in [0.29, 0.717) is 34.6 Å². The number of benzene rings is 1. The molecule has 0 radical (unpaired) electrons. The molecule has 3 rings (SSSR count). The monoisotopic (exact) mass is 352 g/mol. The fourth-order valence-electron chi connectivity index (χ4n) is 2.25. The van der Waals surface area contributed by atoms with Crippen molar-refractivity contribution in [1.29, 1.82) is 0 Å². The van der Waals surface area contributed by atoms with Gasteiger partial charge in [-0.15, -0.1) is 0 Å². The molecule has 1 saturated heterocycles. The number of rotatable bonds is 3. The number of anilines is 2. The van der Waals surface area contributed by atoms with Crippen LogP contribution in [0.15, 0.2) is 30.6 Å². The summed E-state index contributed by atoms with van der Waals surface area (Å²) in [4.78, 5) is 22.7. The highest BCUT2D eigenvalue weighted by Crippen LogP contribution is 2.20. The number of morpholine rings is 1. The van der Waals surface area contributed by atoms with Crippen LogP contribution in [0.1, 0.15) is 10.4 Å². The van der Waals surface area contributed by atoms with Gasteiger partial charge in [0.15, 0.2) is 0 Å². The quantitative estimate of drug-likeness (QED) is 0.919. The van der Waals surface area contributed by atoms with Crippen LogP contribution < -0.4 is 10.2 Å². The lowest BCUT2D eigenvalue weighted by molar-refractivity contribution is 0.102. The minimum Gasteiger partial charge on any atom is -0.378 e. The first-order valence-corrected chi connectivity index (χ1v) is 7.79. The molecule has 120 valence electrons. The number of halogens is 2. The fraction of sp³-hybridized carbons (Fsp3) is 0.267. The summed E-state index contributed by atoms with van der Waals surface area (Å²) in [5, 5.41) is 3.53. The predicted molar refractivity (Wildman–Crippen MR) is 89.5 cm³/mol. The summed E-state index contributed by atoms with van der Waals surface area (Å²) in [7, 11) is 0. The van der Waals surface area contributed by atoms with Gasteiger partial charge in [-0.05, 0) is 18.2 Å². The van der Waals surface area contributed by atoms with Gasteiger partial charge < -0.3 is 15.0 Å². The summed E-state index contributed by atoms with van der Waals surface area (Å²) < 4.78 is 5.32. The van der Waals surface area contributed by atoms with Crippen molar-refractivity contribution in [1.82, 2.24) is 9.97 Å². The zero-order valence-corrected chi connectivity index (χ0v) is 13.6. The Balaban J connectivity index is 1.75. The van der Waals surface area contributed by atoms with Gasteiger partial charge in [0.1, 0.15) is 18.0 Å². The Labute approximate surface area is 143 Å². The maximum Gasteiger partial charge on any atom is 0.256 e. The second kappa shape index (κ2) is 7.12. The summed E-state index contributed by atoms with van der Waals surface area (Å²) in [6, 6.07) is 6.40. The van der Waals surface area contributed by atoms with E-state index in [-0.39, 0.29) is 5.91 Å². The third-order valence-corrected chi connectivity index (χ3v) is 3.79. The molecule has 0 spiro atoms. The average Bonchev–Trinajstić information content (AvgIpc) is 2.55. The number of amides is 1. The van der Waals surface area contributed by atoms with E-state index in [2.05, 4.69) is 20.2 Å². The Hall–Kier alpha value is -1.89. The molecule has 1 aliphatic heterocycles. The number of nitrogens with one attached hydrogen (secondary N) is 1. The van der Waals surface area contributed by atoms with Crippen molar-refractivity contribution in [3.63, 3.8) is 0 Å². The highest BCUT2D eigenvalue weighted by atomic mass is 35.5. The largest absolute Gasteiger partial charge is 0.378 e. The zero-order valence-electron chi connectivity index (χ0n) is 12.1. The first-order valence-electron chi connectivity index (χ1n) is 7.04. The van der Waals surface area contributed by atoms with E-state index in [9.17, 15) is 4.79 Å². The first-order chi connectivity index (χ1) is 11.1. The topological polar surface area (TPSA) is 67.4 Å². The van der Waals surface area contributed by atoms with Gasteiger partial charge in [-0.2, -0.15) is 0 Å². The van der Waals surface area contributed by atoms with Gasteiger partial charge in [0.05, 0.1) is 13.2 Å². The molecule has 0 atom stereocenters. The lowest BCUT2D eigenvalue weighted by Gasteiger charge is -2.27. The number of carbonyl (C=O) groups excluding carboxylic acids is 1. The molecule has 23 heavy (non-hydrogen) atoms. The van der Waals surface area contributed by atoms with Crippen LogP contribution in [-0.2, 0) is 4.74 Å². The molecule has 0 unspecified atom stereocenters. The summed E-state index contributed by atoms with van der Waals surface area (Å²) in [6.45, 7) is 2.84. The second-order valence-electron chi connectivity index (χ2n) is 4.97. The van der Waals surface area contributed by atoms with Crippen LogP contribution in [0.5, 0.6) is 0 Å². The maximum atomic E-state index is 12.3. The van der Waals surface area contributed by atoms with Crippen molar-refractivity contribution >= 4 is 40.7 Å². The Kier molecular flexibility index (Phi) is 4.95. The molecular formula is C15H14Cl2N4O2. The second-order valence-corrected chi connectivity index (χ2v) is 5.85. The molecule has 1 aromatic heterocycles. The molecule has 1 N–H and O–H groups in total. The van der Waals surface area contributed by atoms with Gasteiger partial charge in [-0.3, -0.25) is 4.79 Å². The molecule has 0 aliphatic carbocycles. The zero-order chi connectivity index (χ0) is 16.2. The van der Waals surface area contributed by atoms with Crippen molar-refractivity contribution in [2.75, 3.05) is 36.5 Å². The first kappa shape index (κ1) is 16.0. The minimum atomic E-state index is -0.332. The molecule has 1 aliphatic rings. The minimum absolute atomic E-state index is 0.332. The smallest absolute Gasteiger partial charge is 0.256 e. The highest BCUT2D eigenvalue weighted by molar-refractivity contribution is 6.35. The molecule has 6 nitrogen and oxygen atoms in total. The summed E-state index contributed by atoms with van der Waals surface area (Å²) in [5.74, 6) is 0.839. The Morgan fingerprint density at radius 1 is 1.09 bits per heavy atom. The van der Waals surface area contributed by atoms with E-state index in [4.69, 9.17) is 27.9 Å². The van der Waals surface area contributed by atoms with Gasteiger partial charge in [0, 0.05) is 34.8 Å². The van der Waals surface area contributed by atoms with Gasteiger partial charge in [0.25, 0.3) is 5.91 Å². The Bertz CT molecular complexity index is 700. The SMILES string of the molecule is O=C(Nc1cc(N2CCOCC2)ncn1)c1cc(Cl)cc(Cl)c1. The molecule has 2 aromatic rings. The lowest BCUT2D eigenvalue weighted by Crippen LogP contribution is -2.36. The van der Waals surface area contributed by atoms with Crippen LogP contribution in [0.25, 0.3) is 0 Å². The van der Waals surface area contributed by atoms with Crippen LogP contribution in [0.3, 0.4) is 0 Å². The molecule has 0 saturated carbocycles. The van der Waals surface area contributed by atoms with Gasteiger partial charge >= 0.3 is 0 Å². The van der Waals surface area contributed by atoms with Crippen molar-refractivity contribution in [3.05, 3.63) is 46.2 Å². The van der Waals surface area contributed by atoms with E-state index in [0.717, 1.165) is 18.9 Å². The van der Waals surface area contributed by atoms with Crippen LogP contribution in [-0.4, -0.2) is 42.2 Å². The maximum absolute atomic E-state index is 12.3. The van der Waals surface area contributed by atoms with E-state index < -0.39 is 0 Å². The molecule has 1 aromatic carbocycles. The van der Waals surface area contributed by atoms with E-state index in [1.807, 2.05) is 0 Å². The molecule has 1 amide bonds. The van der Waals surface area contributed by atoms with Gasteiger partial charge in [0.2, 0.25) is 0 Å². The normalized spacial score (nSPS) is 14.6. The van der Waals surface area contributed by atoms with Crippen molar-refractivity contribution in [3.8, 4) is 0 Å². The van der Waals surface area contributed by atoms with Crippen LogP contribution in [0.4, 0.5) is 11.6 Å². The molecule has 8 heteroatoms. The fourth-order valence-corrected chi connectivity index (χ4v) is 2.78. The summed E-state index contributed by atoms with van der Waals surface area (Å²) in [6.07, 6.45) is 1.42. The Morgan fingerprint density at radius 3 is 2.48 bits per heavy atom. The van der Waals surface area contributed by atoms with Crippen LogP contribution in [0.2, 0.25) is 10.0 Å². The number of hydrogen-bond donors (Lipinski definition) is 1. The molecule has 1 fully saturated rings. The predicted octanol–water partition coefficient (Wildman–Crippen LogP) is 2.87. The number of hydrogen-bond acceptors (Lipinski definition) is 5. The van der Waals surface area contributed by atoms with Crippen LogP contribution >= 0.6 is 23.2 Å². The van der Waals surface area contributed by atoms with E-state index in [1.165, 1.54) is 6.33 Å². The van der Waals surface area contributed by atoms with E-state index in [1.54, 1.807) is 24.3 Å². The summed E-state index contributed by atoms with van der Waals surface area (Å²) >= 11 is 11.8. The number of nitrogens with zero attached hydrogens (tertiary/aromatic N) is 3. The van der Waals surface area contributed by atoms with Crippen molar-refractivity contribution in [2.45, 2.75) is 0 Å². The van der Waals surface area contributed by atoms with Gasteiger partial charge in [-0.25, -0.2) is 9.97 Å². The average molecular weight is 353 g/mol. The third-order valence-electron chi connectivity index (χ3n) is 3.35. The standard InChI is InChI=1S/C15H14Cl2N4O2/c16-11-5-10(6-12(17)7-11)15(22)20-13-8-14(19-9-18-13)21-1-3-23-4-2-21/h5-9H,1-4H2,(H,18,19,20,22). The van der Waals surface area contributed by atoms with E-state index >= 15 is 0 Å². The third kappa shape index (κ3) is 4.10. The summed E-state index contributed by atoms with van der Waals surface area (Å²) in [5.41, 5.74) is 0.369. The highest BCUT2D eigenvalue weighted by Gasteiger charge is 2.14. The molecular weight excluding hydrogens is 339 g/mol. The number of aromatic nitrogens is 2. The number of carbonyl (C=O) groups is 1. The number of ether oxygens (including phenoxy) is 1. The van der Waals surface area contributed by atoms with Crippen molar-refractivity contribution < 1.29 is 9.53 Å². The molecule has 0 bridgehead atoms. The van der Waals surface area contributed by atoms with Gasteiger partial charge in [-0.1, -0.05) is 23.2 Å². The van der Waals surface area contributed by atoms with Crippen molar-refractivity contribution in [2.24, 2.45) is 0 Å². The van der Waals surface area contributed by atoms with Crippen LogP contribution in [0, 0.1) is 0 Å². The lowest BCUT2D eigenvalue weighted by atomic mass is 10.2.